The standard InChI is InChI=1S/C18H34N2O/c1-11(2)9-13-15(21)20(14(19-13)10-12(3)4)16-17(5,6)18(16,7)8/h11-14,16,19H,9-10H2,1-8H3. The lowest BCUT2D eigenvalue weighted by atomic mass is 10.0. The Kier molecular flexibility index (Phi) is 4.20. The number of hydrogen-bond donors (Lipinski definition) is 1. The summed E-state index contributed by atoms with van der Waals surface area (Å²) < 4.78 is 0. The first-order chi connectivity index (χ1) is 9.50. The van der Waals surface area contributed by atoms with Crippen LogP contribution in [0.15, 0.2) is 0 Å². The smallest absolute Gasteiger partial charge is 0.241 e. The van der Waals surface area contributed by atoms with Crippen molar-refractivity contribution < 1.29 is 4.79 Å². The van der Waals surface area contributed by atoms with Crippen molar-refractivity contribution in [1.82, 2.24) is 10.2 Å². The number of carbonyl (C=O) groups excluding carboxylic acids is 1. The average Bonchev–Trinajstić information content (AvgIpc) is 2.55. The maximum Gasteiger partial charge on any atom is 0.241 e. The molecule has 2 fully saturated rings. The normalized spacial score (nSPS) is 31.5. The van der Waals surface area contributed by atoms with Crippen LogP contribution in [0.25, 0.3) is 0 Å². The highest BCUT2D eigenvalue weighted by Gasteiger charge is 2.70. The van der Waals surface area contributed by atoms with Gasteiger partial charge in [-0.1, -0.05) is 55.4 Å². The number of rotatable bonds is 5. The van der Waals surface area contributed by atoms with Crippen molar-refractivity contribution in [2.75, 3.05) is 0 Å². The van der Waals surface area contributed by atoms with E-state index in [0.29, 0.717) is 23.8 Å². The Labute approximate surface area is 130 Å². The zero-order valence-electron chi connectivity index (χ0n) is 15.2. The minimum atomic E-state index is 0.0148. The number of hydrogen-bond acceptors (Lipinski definition) is 2. The molecule has 1 amide bonds. The van der Waals surface area contributed by atoms with Gasteiger partial charge in [-0.2, -0.15) is 0 Å². The van der Waals surface area contributed by atoms with Gasteiger partial charge in [-0.25, -0.2) is 0 Å². The zero-order valence-corrected chi connectivity index (χ0v) is 15.2. The van der Waals surface area contributed by atoms with Gasteiger partial charge in [-0.05, 0) is 35.5 Å². The lowest BCUT2D eigenvalue weighted by Gasteiger charge is -2.28. The van der Waals surface area contributed by atoms with Crippen molar-refractivity contribution in [3.63, 3.8) is 0 Å². The molecule has 2 aliphatic rings. The van der Waals surface area contributed by atoms with Gasteiger partial charge in [0, 0.05) is 6.04 Å². The minimum absolute atomic E-state index is 0.0148. The van der Waals surface area contributed by atoms with Crippen LogP contribution in [0.4, 0.5) is 0 Å². The first kappa shape index (κ1) is 16.8. The topological polar surface area (TPSA) is 32.3 Å². The molecule has 0 radical (unpaired) electrons. The van der Waals surface area contributed by atoms with E-state index in [1.807, 2.05) is 0 Å². The molecular weight excluding hydrogens is 260 g/mol. The van der Waals surface area contributed by atoms with Crippen molar-refractivity contribution >= 4 is 5.91 Å². The Morgan fingerprint density at radius 1 is 1.00 bits per heavy atom. The molecule has 0 aromatic carbocycles. The van der Waals surface area contributed by atoms with Gasteiger partial charge in [-0.15, -0.1) is 0 Å². The van der Waals surface area contributed by atoms with Crippen molar-refractivity contribution in [2.24, 2.45) is 22.7 Å². The molecule has 0 spiro atoms. The number of carbonyl (C=O) groups is 1. The first-order valence-corrected chi connectivity index (χ1v) is 8.58. The Bertz CT molecular complexity index is 397. The van der Waals surface area contributed by atoms with Crippen molar-refractivity contribution in [3.05, 3.63) is 0 Å². The molecular formula is C18H34N2O. The summed E-state index contributed by atoms with van der Waals surface area (Å²) in [5.41, 5.74) is 0.429. The van der Waals surface area contributed by atoms with Crippen molar-refractivity contribution in [2.45, 2.75) is 86.5 Å². The fraction of sp³-hybridized carbons (Fsp3) is 0.944. The summed E-state index contributed by atoms with van der Waals surface area (Å²) in [6, 6.07) is 0.381. The molecule has 1 heterocycles. The number of nitrogens with zero attached hydrogens (tertiary/aromatic N) is 1. The molecule has 21 heavy (non-hydrogen) atoms. The second-order valence-electron chi connectivity index (χ2n) is 9.09. The van der Waals surface area contributed by atoms with Gasteiger partial charge < -0.3 is 4.90 Å². The quantitative estimate of drug-likeness (QED) is 0.839. The molecule has 2 rings (SSSR count). The third-order valence-corrected chi connectivity index (χ3v) is 5.91. The highest BCUT2D eigenvalue weighted by Crippen LogP contribution is 2.66. The van der Waals surface area contributed by atoms with E-state index in [1.165, 1.54) is 0 Å². The predicted octanol–water partition coefficient (Wildman–Crippen LogP) is 3.64. The Morgan fingerprint density at radius 3 is 1.86 bits per heavy atom. The zero-order chi connectivity index (χ0) is 16.2. The molecule has 3 nitrogen and oxygen atoms in total. The molecule has 1 saturated carbocycles. The van der Waals surface area contributed by atoms with Crippen molar-refractivity contribution in [3.8, 4) is 0 Å². The summed E-state index contributed by atoms with van der Waals surface area (Å²) in [4.78, 5) is 15.2. The van der Waals surface area contributed by atoms with E-state index in [4.69, 9.17) is 0 Å². The van der Waals surface area contributed by atoms with Gasteiger partial charge in [0.15, 0.2) is 0 Å². The van der Waals surface area contributed by atoms with Crippen LogP contribution >= 0.6 is 0 Å². The second kappa shape index (κ2) is 5.26. The molecule has 0 aromatic rings. The fourth-order valence-electron chi connectivity index (χ4n) is 4.15. The van der Waals surface area contributed by atoms with E-state index in [9.17, 15) is 4.79 Å². The second-order valence-corrected chi connectivity index (χ2v) is 9.09. The molecule has 1 aliphatic heterocycles. The van der Waals surface area contributed by atoms with Crippen LogP contribution in [0.5, 0.6) is 0 Å². The summed E-state index contributed by atoms with van der Waals surface area (Å²) in [5.74, 6) is 1.48. The summed E-state index contributed by atoms with van der Waals surface area (Å²) in [6.07, 6.45) is 2.20. The van der Waals surface area contributed by atoms with E-state index in [0.717, 1.165) is 12.8 Å². The molecule has 1 N–H and O–H groups in total. The van der Waals surface area contributed by atoms with E-state index < -0.39 is 0 Å². The summed E-state index contributed by atoms with van der Waals surface area (Å²) >= 11 is 0. The van der Waals surface area contributed by atoms with Gasteiger partial charge in [0.05, 0.1) is 12.2 Å². The molecule has 122 valence electrons. The Balaban J connectivity index is 2.21. The van der Waals surface area contributed by atoms with E-state index in [2.05, 4.69) is 65.6 Å². The molecule has 1 saturated heterocycles. The van der Waals surface area contributed by atoms with Gasteiger partial charge in [0.25, 0.3) is 0 Å². The number of nitrogens with one attached hydrogen (secondary N) is 1. The van der Waals surface area contributed by atoms with Crippen LogP contribution in [0.2, 0.25) is 0 Å². The lowest BCUT2D eigenvalue weighted by Crippen LogP contribution is -2.42. The summed E-state index contributed by atoms with van der Waals surface area (Å²) in [5, 5.41) is 3.63. The van der Waals surface area contributed by atoms with Gasteiger partial charge in [-0.3, -0.25) is 10.1 Å². The predicted molar refractivity (Wildman–Crippen MR) is 87.8 cm³/mol. The average molecular weight is 294 g/mol. The van der Waals surface area contributed by atoms with Crippen LogP contribution in [0, 0.1) is 22.7 Å². The van der Waals surface area contributed by atoms with Crippen molar-refractivity contribution in [1.29, 1.82) is 0 Å². The third-order valence-electron chi connectivity index (χ3n) is 5.91. The van der Waals surface area contributed by atoms with Crippen LogP contribution in [-0.2, 0) is 4.79 Å². The lowest BCUT2D eigenvalue weighted by molar-refractivity contribution is -0.131. The first-order valence-electron chi connectivity index (χ1n) is 8.58. The van der Waals surface area contributed by atoms with Crippen LogP contribution in [0.3, 0.4) is 0 Å². The molecule has 1 aliphatic carbocycles. The maximum atomic E-state index is 13.0. The largest absolute Gasteiger partial charge is 0.322 e. The minimum Gasteiger partial charge on any atom is -0.322 e. The fourth-order valence-corrected chi connectivity index (χ4v) is 4.15. The Morgan fingerprint density at radius 2 is 1.48 bits per heavy atom. The van der Waals surface area contributed by atoms with Gasteiger partial charge >= 0.3 is 0 Å². The van der Waals surface area contributed by atoms with Crippen LogP contribution < -0.4 is 5.32 Å². The van der Waals surface area contributed by atoms with E-state index >= 15 is 0 Å². The van der Waals surface area contributed by atoms with Crippen LogP contribution in [-0.4, -0.2) is 29.1 Å². The van der Waals surface area contributed by atoms with E-state index in [-0.39, 0.29) is 23.0 Å². The highest BCUT2D eigenvalue weighted by molar-refractivity contribution is 5.85. The SMILES string of the molecule is CC(C)CC1NC(CC(C)C)N(C2C(C)(C)C2(C)C)C1=O. The van der Waals surface area contributed by atoms with E-state index in [1.54, 1.807) is 0 Å². The van der Waals surface area contributed by atoms with Gasteiger partial charge in [0.2, 0.25) is 5.91 Å². The molecule has 0 aromatic heterocycles. The van der Waals surface area contributed by atoms with Crippen LogP contribution in [0.1, 0.15) is 68.2 Å². The monoisotopic (exact) mass is 294 g/mol. The highest BCUT2D eigenvalue weighted by atomic mass is 16.2. The van der Waals surface area contributed by atoms with Gasteiger partial charge in [0.1, 0.15) is 0 Å². The number of amides is 1. The summed E-state index contributed by atoms with van der Waals surface area (Å²) in [6.45, 7) is 18.1. The molecule has 2 unspecified atom stereocenters. The third kappa shape index (κ3) is 2.74. The molecule has 2 atom stereocenters. The molecule has 0 bridgehead atoms. The molecule has 3 heteroatoms. The summed E-state index contributed by atoms with van der Waals surface area (Å²) in [7, 11) is 0. The maximum absolute atomic E-state index is 13.0. The Hall–Kier alpha value is -0.570.